The molecule has 7 heteroatoms. The van der Waals surface area contributed by atoms with Gasteiger partial charge in [0.15, 0.2) is 0 Å². The van der Waals surface area contributed by atoms with Crippen LogP contribution in [-0.4, -0.2) is 96.5 Å². The molecule has 170 valence electrons. The van der Waals surface area contributed by atoms with Gasteiger partial charge in [-0.15, -0.1) is 0 Å². The van der Waals surface area contributed by atoms with Gasteiger partial charge in [0.2, 0.25) is 5.91 Å². The second-order valence-electron chi connectivity index (χ2n) is 10.4. The molecule has 0 radical (unpaired) electrons. The number of fused-ring (bicyclic) bond motifs is 4. The molecule has 1 aromatic heterocycles. The SMILES string of the molecule is CN1CCC(C(=O)N2C[C@@H]3C[C@H](C2)c2ccc(CN4CCN(C)CC4)c(=O)n2C3)CC1. The predicted octanol–water partition coefficient (Wildman–Crippen LogP) is 0.883. The Morgan fingerprint density at radius 3 is 2.39 bits per heavy atom. The number of pyridine rings is 1. The van der Waals surface area contributed by atoms with Crippen LogP contribution in [-0.2, 0) is 17.9 Å². The Bertz CT molecular complexity index is 867. The summed E-state index contributed by atoms with van der Waals surface area (Å²) in [5.74, 6) is 1.24. The monoisotopic (exact) mass is 427 g/mol. The van der Waals surface area contributed by atoms with E-state index in [9.17, 15) is 9.59 Å². The molecular weight excluding hydrogens is 390 g/mol. The zero-order valence-electron chi connectivity index (χ0n) is 19.1. The van der Waals surface area contributed by atoms with Crippen molar-refractivity contribution in [3.63, 3.8) is 0 Å². The van der Waals surface area contributed by atoms with Crippen molar-refractivity contribution >= 4 is 5.91 Å². The molecule has 1 aromatic rings. The number of aromatic nitrogens is 1. The molecule has 3 saturated heterocycles. The Morgan fingerprint density at radius 1 is 0.935 bits per heavy atom. The number of hydrogen-bond donors (Lipinski definition) is 0. The first-order valence-corrected chi connectivity index (χ1v) is 12.1. The lowest BCUT2D eigenvalue weighted by Gasteiger charge is -2.44. The Morgan fingerprint density at radius 2 is 1.65 bits per heavy atom. The third kappa shape index (κ3) is 4.32. The van der Waals surface area contributed by atoms with Gasteiger partial charge in [0, 0.05) is 75.5 Å². The molecule has 2 bridgehead atoms. The number of rotatable bonds is 3. The third-order valence-corrected chi connectivity index (χ3v) is 8.05. The highest BCUT2D eigenvalue weighted by atomic mass is 16.2. The zero-order chi connectivity index (χ0) is 21.5. The first-order chi connectivity index (χ1) is 15.0. The quantitative estimate of drug-likeness (QED) is 0.717. The summed E-state index contributed by atoms with van der Waals surface area (Å²) >= 11 is 0. The van der Waals surface area contributed by atoms with Crippen LogP contribution < -0.4 is 5.56 Å². The molecule has 0 unspecified atom stereocenters. The van der Waals surface area contributed by atoms with E-state index in [1.54, 1.807) is 0 Å². The molecule has 0 saturated carbocycles. The van der Waals surface area contributed by atoms with Crippen molar-refractivity contribution in [3.8, 4) is 0 Å². The minimum absolute atomic E-state index is 0.184. The van der Waals surface area contributed by atoms with Crippen molar-refractivity contribution in [2.45, 2.75) is 38.3 Å². The number of piperazine rings is 1. The molecule has 5 rings (SSSR count). The average molecular weight is 428 g/mol. The van der Waals surface area contributed by atoms with Gasteiger partial charge < -0.3 is 19.3 Å². The van der Waals surface area contributed by atoms with Gasteiger partial charge in [-0.1, -0.05) is 6.07 Å². The highest BCUT2D eigenvalue weighted by Crippen LogP contribution is 2.36. The third-order valence-electron chi connectivity index (χ3n) is 8.05. The van der Waals surface area contributed by atoms with E-state index in [0.29, 0.717) is 17.7 Å². The maximum absolute atomic E-state index is 13.3. The summed E-state index contributed by atoms with van der Waals surface area (Å²) in [4.78, 5) is 35.7. The molecule has 7 nitrogen and oxygen atoms in total. The van der Waals surface area contributed by atoms with E-state index in [4.69, 9.17) is 0 Å². The summed E-state index contributed by atoms with van der Waals surface area (Å²) < 4.78 is 2.04. The van der Waals surface area contributed by atoms with Crippen LogP contribution in [0.15, 0.2) is 16.9 Å². The molecule has 0 spiro atoms. The lowest BCUT2D eigenvalue weighted by atomic mass is 9.82. The maximum atomic E-state index is 13.3. The molecule has 5 heterocycles. The van der Waals surface area contributed by atoms with Crippen LogP contribution in [0.5, 0.6) is 0 Å². The summed E-state index contributed by atoms with van der Waals surface area (Å²) in [6.07, 6.45) is 3.06. The Balaban J connectivity index is 1.29. The average Bonchev–Trinajstić information content (AvgIpc) is 2.77. The van der Waals surface area contributed by atoms with Crippen LogP contribution in [0.25, 0.3) is 0 Å². The minimum atomic E-state index is 0.184. The van der Waals surface area contributed by atoms with Crippen molar-refractivity contribution < 1.29 is 4.79 Å². The van der Waals surface area contributed by atoms with E-state index < -0.39 is 0 Å². The van der Waals surface area contributed by atoms with E-state index in [2.05, 4.69) is 45.8 Å². The first kappa shape index (κ1) is 21.2. The number of carbonyl (C=O) groups is 1. The number of hydrogen-bond acceptors (Lipinski definition) is 5. The standard InChI is InChI=1S/C24H37N5O2/c1-25-7-5-19(6-8-25)23(30)28-14-18-13-21(17-28)22-4-3-20(24(31)29(22)15-18)16-27-11-9-26(2)10-12-27/h3-4,18-19,21H,5-17H2,1-2H3/t18-,21+/m0/s1. The summed E-state index contributed by atoms with van der Waals surface area (Å²) in [5, 5.41) is 0. The summed E-state index contributed by atoms with van der Waals surface area (Å²) in [6, 6.07) is 4.24. The van der Waals surface area contributed by atoms with Gasteiger partial charge in [0.1, 0.15) is 0 Å². The molecule has 0 N–H and O–H groups in total. The normalized spacial score (nSPS) is 28.5. The van der Waals surface area contributed by atoms with Crippen LogP contribution in [0.2, 0.25) is 0 Å². The van der Waals surface area contributed by atoms with Crippen molar-refractivity contribution in [2.75, 3.05) is 66.5 Å². The van der Waals surface area contributed by atoms with E-state index in [-0.39, 0.29) is 11.5 Å². The fourth-order valence-corrected chi connectivity index (χ4v) is 6.05. The fourth-order valence-electron chi connectivity index (χ4n) is 6.05. The zero-order valence-corrected chi connectivity index (χ0v) is 19.1. The van der Waals surface area contributed by atoms with Crippen LogP contribution in [0.1, 0.15) is 36.4 Å². The lowest BCUT2D eigenvalue weighted by molar-refractivity contribution is -0.139. The number of amides is 1. The van der Waals surface area contributed by atoms with Crippen molar-refractivity contribution in [1.82, 2.24) is 24.2 Å². The fraction of sp³-hybridized carbons (Fsp3) is 0.750. The van der Waals surface area contributed by atoms with Crippen LogP contribution in [0.4, 0.5) is 0 Å². The molecule has 0 aliphatic carbocycles. The van der Waals surface area contributed by atoms with Crippen molar-refractivity contribution in [3.05, 3.63) is 33.7 Å². The smallest absolute Gasteiger partial charge is 0.255 e. The van der Waals surface area contributed by atoms with E-state index in [1.807, 2.05) is 4.57 Å². The van der Waals surface area contributed by atoms with Crippen molar-refractivity contribution in [1.29, 1.82) is 0 Å². The summed E-state index contributed by atoms with van der Waals surface area (Å²) in [5.41, 5.74) is 2.26. The predicted molar refractivity (Wildman–Crippen MR) is 121 cm³/mol. The van der Waals surface area contributed by atoms with E-state index in [0.717, 1.165) is 96.0 Å². The van der Waals surface area contributed by atoms with Gasteiger partial charge in [-0.25, -0.2) is 0 Å². The van der Waals surface area contributed by atoms with Crippen LogP contribution in [0, 0.1) is 11.8 Å². The lowest BCUT2D eigenvalue weighted by Crippen LogP contribution is -2.52. The molecule has 0 aromatic carbocycles. The molecule has 4 aliphatic heterocycles. The van der Waals surface area contributed by atoms with Gasteiger partial charge in [-0.3, -0.25) is 14.5 Å². The van der Waals surface area contributed by atoms with E-state index >= 15 is 0 Å². The number of nitrogens with zero attached hydrogens (tertiary/aromatic N) is 5. The molecule has 2 atom stereocenters. The number of likely N-dealkylation sites (N-methyl/N-ethyl adjacent to an activating group) is 1. The highest BCUT2D eigenvalue weighted by molar-refractivity contribution is 5.79. The first-order valence-electron chi connectivity index (χ1n) is 12.1. The minimum Gasteiger partial charge on any atom is -0.341 e. The molecular formula is C24H37N5O2. The van der Waals surface area contributed by atoms with Crippen molar-refractivity contribution in [2.24, 2.45) is 11.8 Å². The maximum Gasteiger partial charge on any atom is 0.255 e. The second kappa shape index (κ2) is 8.68. The summed E-state index contributed by atoms with van der Waals surface area (Å²) in [7, 11) is 4.29. The molecule has 31 heavy (non-hydrogen) atoms. The number of likely N-dealkylation sites (tertiary alicyclic amines) is 2. The van der Waals surface area contributed by atoms with Gasteiger partial charge in [-0.05, 0) is 58.4 Å². The van der Waals surface area contributed by atoms with Crippen LogP contribution >= 0.6 is 0 Å². The molecule has 4 aliphatic rings. The second-order valence-corrected chi connectivity index (χ2v) is 10.4. The van der Waals surface area contributed by atoms with Gasteiger partial charge in [-0.2, -0.15) is 0 Å². The molecule has 1 amide bonds. The van der Waals surface area contributed by atoms with E-state index in [1.165, 1.54) is 0 Å². The molecule has 3 fully saturated rings. The summed E-state index contributed by atoms with van der Waals surface area (Å²) in [6.45, 7) is 9.33. The van der Waals surface area contributed by atoms with Crippen LogP contribution in [0.3, 0.4) is 0 Å². The van der Waals surface area contributed by atoms with Gasteiger partial charge in [0.05, 0.1) is 0 Å². The van der Waals surface area contributed by atoms with Gasteiger partial charge >= 0.3 is 0 Å². The largest absolute Gasteiger partial charge is 0.341 e. The Labute approximate surface area is 185 Å². The highest BCUT2D eigenvalue weighted by Gasteiger charge is 2.38. The Kier molecular flexibility index (Phi) is 5.92. The number of carbonyl (C=O) groups excluding carboxylic acids is 1. The topological polar surface area (TPSA) is 52.0 Å². The van der Waals surface area contributed by atoms with Gasteiger partial charge in [0.25, 0.3) is 5.56 Å². The Hall–Kier alpha value is -1.70. The number of piperidine rings is 2.